The Morgan fingerprint density at radius 2 is 1.83 bits per heavy atom. The second kappa shape index (κ2) is 10.5. The predicted octanol–water partition coefficient (Wildman–Crippen LogP) is 5.49. The first-order chi connectivity index (χ1) is 20.0. The van der Waals surface area contributed by atoms with E-state index in [1.54, 1.807) is 4.90 Å². The molecule has 2 aliphatic heterocycles. The molecule has 3 aliphatic rings. The van der Waals surface area contributed by atoms with E-state index in [0.29, 0.717) is 24.7 Å². The van der Waals surface area contributed by atoms with Crippen LogP contribution in [0.2, 0.25) is 0 Å². The van der Waals surface area contributed by atoms with Gasteiger partial charge in [-0.2, -0.15) is 0 Å². The maximum absolute atomic E-state index is 13.8. The van der Waals surface area contributed by atoms with Crippen LogP contribution in [0.5, 0.6) is 17.2 Å². The second-order valence-electron chi connectivity index (χ2n) is 12.2. The zero-order chi connectivity index (χ0) is 29.6. The van der Waals surface area contributed by atoms with E-state index in [1.807, 2.05) is 39.0 Å². The number of fused-ring (bicyclic) bond motifs is 1. The molecule has 1 spiro atoms. The zero-order valence-corrected chi connectivity index (χ0v) is 24.1. The summed E-state index contributed by atoms with van der Waals surface area (Å²) >= 11 is 0. The van der Waals surface area contributed by atoms with Gasteiger partial charge in [-0.3, -0.25) is 4.90 Å². The summed E-state index contributed by atoms with van der Waals surface area (Å²) in [4.78, 5) is 37.1. The quantitative estimate of drug-likeness (QED) is 0.352. The minimum absolute atomic E-state index is 0.0204. The average Bonchev–Trinajstić information content (AvgIpc) is 3.35. The zero-order valence-electron chi connectivity index (χ0n) is 24.1. The molecule has 220 valence electrons. The maximum Gasteiger partial charge on any atom is 0.410 e. The maximum atomic E-state index is 13.8. The molecule has 1 saturated heterocycles. The fourth-order valence-corrected chi connectivity index (χ4v) is 5.90. The minimum Gasteiger partial charge on any atom is -0.490 e. The summed E-state index contributed by atoms with van der Waals surface area (Å²) in [7, 11) is 1.23. The summed E-state index contributed by atoms with van der Waals surface area (Å²) in [5.74, 6) is 0.676. The van der Waals surface area contributed by atoms with Gasteiger partial charge in [-0.1, -0.05) is 12.1 Å². The van der Waals surface area contributed by atoms with Crippen molar-refractivity contribution in [3.8, 4) is 17.2 Å². The molecule has 1 amide bonds. The van der Waals surface area contributed by atoms with E-state index < -0.39 is 17.4 Å². The van der Waals surface area contributed by atoms with Crippen molar-refractivity contribution in [2.75, 3.05) is 25.1 Å². The number of nitrogens with zero attached hydrogens (tertiary/aromatic N) is 4. The molecule has 10 nitrogen and oxygen atoms in total. The van der Waals surface area contributed by atoms with Crippen LogP contribution in [0.1, 0.15) is 55.1 Å². The first kappa shape index (κ1) is 27.7. The highest BCUT2D eigenvalue weighted by molar-refractivity contribution is 5.92. The Morgan fingerprint density at radius 1 is 1.05 bits per heavy atom. The normalized spacial score (nSPS) is 17.3. The van der Waals surface area contributed by atoms with Gasteiger partial charge in [0.05, 0.1) is 19.9 Å². The Kier molecular flexibility index (Phi) is 6.90. The number of benzene rings is 2. The molecule has 11 heteroatoms. The van der Waals surface area contributed by atoms with Gasteiger partial charge in [0, 0.05) is 30.6 Å². The lowest BCUT2D eigenvalue weighted by atomic mass is 9.61. The molecule has 0 atom stereocenters. The van der Waals surface area contributed by atoms with Crippen LogP contribution >= 0.6 is 0 Å². The van der Waals surface area contributed by atoms with Crippen molar-refractivity contribution in [2.45, 2.75) is 58.4 Å². The summed E-state index contributed by atoms with van der Waals surface area (Å²) in [6, 6.07) is 9.65. The minimum atomic E-state index is -0.701. The molecule has 3 aromatic rings. The molecule has 1 aromatic heterocycles. The lowest BCUT2D eigenvalue weighted by Crippen LogP contribution is -2.65. The number of ether oxygens (including phenoxy) is 4. The highest BCUT2D eigenvalue weighted by Crippen LogP contribution is 2.52. The first-order valence-electron chi connectivity index (χ1n) is 13.9. The molecule has 1 saturated carbocycles. The van der Waals surface area contributed by atoms with Crippen molar-refractivity contribution >= 4 is 17.9 Å². The lowest BCUT2D eigenvalue weighted by molar-refractivity contribution is -0.0349. The number of rotatable bonds is 6. The van der Waals surface area contributed by atoms with Crippen molar-refractivity contribution in [3.05, 3.63) is 71.4 Å². The molecule has 2 aromatic carbocycles. The highest BCUT2D eigenvalue weighted by Gasteiger charge is 2.54. The van der Waals surface area contributed by atoms with E-state index in [2.05, 4.69) is 14.9 Å². The van der Waals surface area contributed by atoms with Gasteiger partial charge in [0.25, 0.3) is 0 Å². The first-order valence-corrected chi connectivity index (χ1v) is 13.9. The number of carbonyl (C=O) groups is 2. The molecule has 0 radical (unpaired) electrons. The van der Waals surface area contributed by atoms with Gasteiger partial charge in [-0.25, -0.2) is 23.9 Å². The number of anilines is 1. The Balaban J connectivity index is 1.07. The van der Waals surface area contributed by atoms with Crippen LogP contribution in [-0.2, 0) is 22.6 Å². The average molecular weight is 577 g/mol. The monoisotopic (exact) mass is 576 g/mol. The van der Waals surface area contributed by atoms with Gasteiger partial charge in [-0.15, -0.1) is 0 Å². The molecule has 6 rings (SSSR count). The highest BCUT2D eigenvalue weighted by atomic mass is 19.1. The summed E-state index contributed by atoms with van der Waals surface area (Å²) in [5, 5.41) is 0. The molecule has 42 heavy (non-hydrogen) atoms. The molecule has 1 aliphatic carbocycles. The van der Waals surface area contributed by atoms with Crippen molar-refractivity contribution in [2.24, 2.45) is 5.41 Å². The number of halogens is 1. The van der Waals surface area contributed by atoms with E-state index in [9.17, 15) is 14.0 Å². The van der Waals surface area contributed by atoms with Crippen molar-refractivity contribution < 1.29 is 32.9 Å². The molecule has 0 N–H and O–H groups in total. The molecule has 0 bridgehead atoms. The van der Waals surface area contributed by atoms with Gasteiger partial charge < -0.3 is 23.8 Å². The second-order valence-corrected chi connectivity index (χ2v) is 12.2. The number of carbonyl (C=O) groups excluding carboxylic acids is 2. The van der Waals surface area contributed by atoms with Gasteiger partial charge in [0.2, 0.25) is 0 Å². The molecular formula is C31H33FN4O6. The number of methoxy groups -OCH3 is 1. The number of esters is 1. The van der Waals surface area contributed by atoms with E-state index in [1.165, 1.54) is 31.8 Å². The Morgan fingerprint density at radius 3 is 2.57 bits per heavy atom. The topological polar surface area (TPSA) is 103 Å². The number of amides is 1. The van der Waals surface area contributed by atoms with Crippen molar-refractivity contribution in [1.29, 1.82) is 0 Å². The predicted molar refractivity (Wildman–Crippen MR) is 150 cm³/mol. The molecule has 3 heterocycles. The summed E-state index contributed by atoms with van der Waals surface area (Å²) < 4.78 is 36.6. The van der Waals surface area contributed by atoms with Crippen LogP contribution in [0.4, 0.5) is 15.0 Å². The van der Waals surface area contributed by atoms with E-state index in [4.69, 9.17) is 18.9 Å². The standard InChI is InChI=1S/C31H33FN4O6/c1-30(2,3)42-29(38)35-14-19-6-5-7-24(23(19)15-35)40-21-11-31(12-21)16-36(17-31)27-26(13-33-18-34-27)41-25-9-8-20(32)10-22(25)28(37)39-4/h5-10,13,18,21H,11-12,14-17H2,1-4H3. The molecule has 0 unspecified atom stereocenters. The van der Waals surface area contributed by atoms with Gasteiger partial charge in [-0.05, 0) is 63.4 Å². The van der Waals surface area contributed by atoms with Crippen LogP contribution in [0.25, 0.3) is 0 Å². The fourth-order valence-electron chi connectivity index (χ4n) is 5.90. The molecular weight excluding hydrogens is 543 g/mol. The van der Waals surface area contributed by atoms with Crippen LogP contribution in [0, 0.1) is 11.2 Å². The smallest absolute Gasteiger partial charge is 0.410 e. The Labute approximate surface area is 243 Å². The van der Waals surface area contributed by atoms with E-state index in [0.717, 1.165) is 48.9 Å². The van der Waals surface area contributed by atoms with Crippen molar-refractivity contribution in [1.82, 2.24) is 14.9 Å². The molecule has 2 fully saturated rings. The third-order valence-corrected chi connectivity index (χ3v) is 7.78. The number of hydrogen-bond donors (Lipinski definition) is 0. The van der Waals surface area contributed by atoms with Crippen molar-refractivity contribution in [3.63, 3.8) is 0 Å². The number of hydrogen-bond acceptors (Lipinski definition) is 9. The lowest BCUT2D eigenvalue weighted by Gasteiger charge is -2.58. The van der Waals surface area contributed by atoms with Gasteiger partial charge in [0.1, 0.15) is 40.9 Å². The SMILES string of the molecule is COC(=O)c1cc(F)ccc1Oc1cncnc1N1CC2(CC(Oc3cccc4c3CN(C(=O)OC(C)(C)C)C4)C2)C1. The summed E-state index contributed by atoms with van der Waals surface area (Å²) in [6.45, 7) is 8.10. The van der Waals surface area contributed by atoms with E-state index in [-0.39, 0.29) is 28.9 Å². The van der Waals surface area contributed by atoms with E-state index >= 15 is 0 Å². The van der Waals surface area contributed by atoms with Crippen LogP contribution in [-0.4, -0.2) is 58.8 Å². The third kappa shape index (κ3) is 5.43. The van der Waals surface area contributed by atoms with Crippen LogP contribution in [0.15, 0.2) is 48.9 Å². The Hall–Kier alpha value is -4.41. The fraction of sp³-hybridized carbons (Fsp3) is 0.419. The summed E-state index contributed by atoms with van der Waals surface area (Å²) in [6.07, 6.45) is 4.53. The largest absolute Gasteiger partial charge is 0.490 e. The van der Waals surface area contributed by atoms with Crippen LogP contribution in [0.3, 0.4) is 0 Å². The van der Waals surface area contributed by atoms with Crippen LogP contribution < -0.4 is 14.4 Å². The van der Waals surface area contributed by atoms with Gasteiger partial charge >= 0.3 is 12.1 Å². The Bertz CT molecular complexity index is 1530. The summed E-state index contributed by atoms with van der Waals surface area (Å²) in [5.41, 5.74) is 1.66. The number of aromatic nitrogens is 2. The van der Waals surface area contributed by atoms with Gasteiger partial charge in [0.15, 0.2) is 11.6 Å². The third-order valence-electron chi connectivity index (χ3n) is 7.78.